The number of methoxy groups -OCH3 is 1. The molecule has 1 fully saturated rings. The van der Waals surface area contributed by atoms with Crippen LogP contribution in [0.4, 0.5) is 0 Å². The molecular weight excluding hydrogens is 292 g/mol. The van der Waals surface area contributed by atoms with Gasteiger partial charge in [-0.3, -0.25) is 0 Å². The molecule has 2 N–H and O–H groups in total. The highest BCUT2D eigenvalue weighted by Gasteiger charge is 2.21. The molecule has 1 aromatic rings. The van der Waals surface area contributed by atoms with Gasteiger partial charge in [0.25, 0.3) is 0 Å². The highest BCUT2D eigenvalue weighted by Crippen LogP contribution is 2.23. The number of hydrogen-bond donors (Lipinski definition) is 2. The van der Waals surface area contributed by atoms with Gasteiger partial charge >= 0.3 is 0 Å². The van der Waals surface area contributed by atoms with Crippen LogP contribution in [0.5, 0.6) is 5.75 Å². The first kappa shape index (κ1) is 17.1. The number of aryl methyl sites for hydroxylation is 1. The van der Waals surface area contributed by atoms with E-state index in [-0.39, 0.29) is 0 Å². The fourth-order valence-corrected chi connectivity index (χ4v) is 3.42. The van der Waals surface area contributed by atoms with Gasteiger partial charge in [-0.05, 0) is 56.0 Å². The molecule has 0 aromatic heterocycles. The summed E-state index contributed by atoms with van der Waals surface area (Å²) in [4.78, 5) is 0. The normalized spacial score (nSPS) is 21.2. The molecular formula is C18H28N2OS. The van der Waals surface area contributed by atoms with Crippen molar-refractivity contribution < 1.29 is 4.74 Å². The molecule has 1 aromatic carbocycles. The Morgan fingerprint density at radius 1 is 1.32 bits per heavy atom. The van der Waals surface area contributed by atoms with Gasteiger partial charge in [-0.1, -0.05) is 37.5 Å². The van der Waals surface area contributed by atoms with E-state index in [1.807, 2.05) is 6.07 Å². The number of benzene rings is 1. The van der Waals surface area contributed by atoms with Crippen molar-refractivity contribution in [3.63, 3.8) is 0 Å². The molecule has 1 aliphatic carbocycles. The van der Waals surface area contributed by atoms with Crippen molar-refractivity contribution in [1.82, 2.24) is 10.6 Å². The first-order valence-electron chi connectivity index (χ1n) is 8.28. The maximum absolute atomic E-state index is 5.44. The van der Waals surface area contributed by atoms with Crippen molar-refractivity contribution >= 4 is 17.3 Å². The average Bonchev–Trinajstić information content (AvgIpc) is 2.50. The van der Waals surface area contributed by atoms with Crippen LogP contribution < -0.4 is 15.4 Å². The largest absolute Gasteiger partial charge is 0.496 e. The summed E-state index contributed by atoms with van der Waals surface area (Å²) >= 11 is 5.44. The molecule has 1 saturated carbocycles. The van der Waals surface area contributed by atoms with Crippen LogP contribution in [0.25, 0.3) is 0 Å². The zero-order chi connectivity index (χ0) is 15.9. The molecule has 0 saturated heterocycles. The first-order valence-corrected chi connectivity index (χ1v) is 8.69. The Morgan fingerprint density at radius 2 is 2.09 bits per heavy atom. The smallest absolute Gasteiger partial charge is 0.166 e. The predicted octanol–water partition coefficient (Wildman–Crippen LogP) is 3.59. The lowest BCUT2D eigenvalue weighted by molar-refractivity contribution is 0.308. The lowest BCUT2D eigenvalue weighted by Crippen LogP contribution is -2.46. The van der Waals surface area contributed by atoms with Crippen molar-refractivity contribution in [3.05, 3.63) is 29.3 Å². The van der Waals surface area contributed by atoms with E-state index in [9.17, 15) is 0 Å². The summed E-state index contributed by atoms with van der Waals surface area (Å²) in [6.45, 7) is 5.25. The van der Waals surface area contributed by atoms with Crippen LogP contribution in [0.2, 0.25) is 0 Å². The number of hydrogen-bond acceptors (Lipinski definition) is 2. The number of ether oxygens (including phenoxy) is 1. The van der Waals surface area contributed by atoms with Gasteiger partial charge in [0.1, 0.15) is 5.75 Å². The average molecular weight is 321 g/mol. The van der Waals surface area contributed by atoms with E-state index >= 15 is 0 Å². The fraction of sp³-hybridized carbons (Fsp3) is 0.611. The first-order chi connectivity index (χ1) is 10.6. The number of nitrogens with one attached hydrogen (secondary N) is 2. The van der Waals surface area contributed by atoms with Crippen LogP contribution in [-0.4, -0.2) is 24.8 Å². The van der Waals surface area contributed by atoms with E-state index in [1.165, 1.54) is 36.8 Å². The zero-order valence-electron chi connectivity index (χ0n) is 13.9. The second-order valence-corrected chi connectivity index (χ2v) is 6.74. The molecule has 4 heteroatoms. The molecule has 0 unspecified atom stereocenters. The molecule has 1 aliphatic rings. The monoisotopic (exact) mass is 320 g/mol. The van der Waals surface area contributed by atoms with Gasteiger partial charge in [0, 0.05) is 12.6 Å². The second kappa shape index (κ2) is 8.37. The summed E-state index contributed by atoms with van der Waals surface area (Å²) in [6, 6.07) is 6.82. The lowest BCUT2D eigenvalue weighted by Gasteiger charge is -2.30. The van der Waals surface area contributed by atoms with Crippen molar-refractivity contribution in [3.8, 4) is 5.75 Å². The SMILES string of the molecule is COc1ccc(C)cc1CCNC(=S)N[C@H]1CCCC[C@@H]1C. The lowest BCUT2D eigenvalue weighted by atomic mass is 9.86. The minimum absolute atomic E-state index is 0.530. The Hall–Kier alpha value is -1.29. The molecule has 0 radical (unpaired) electrons. The third-order valence-corrected chi connectivity index (χ3v) is 4.81. The van der Waals surface area contributed by atoms with E-state index in [1.54, 1.807) is 7.11 Å². The molecule has 122 valence electrons. The molecule has 22 heavy (non-hydrogen) atoms. The minimum atomic E-state index is 0.530. The van der Waals surface area contributed by atoms with Crippen molar-refractivity contribution in [2.24, 2.45) is 5.92 Å². The van der Waals surface area contributed by atoms with Gasteiger partial charge in [0.05, 0.1) is 7.11 Å². The maximum atomic E-state index is 5.44. The van der Waals surface area contributed by atoms with E-state index in [0.717, 1.165) is 23.8 Å². The Balaban J connectivity index is 1.78. The Bertz CT molecular complexity index is 504. The highest BCUT2D eigenvalue weighted by molar-refractivity contribution is 7.80. The van der Waals surface area contributed by atoms with Gasteiger partial charge in [0.2, 0.25) is 0 Å². The Kier molecular flexibility index (Phi) is 6.49. The van der Waals surface area contributed by atoms with E-state index < -0.39 is 0 Å². The van der Waals surface area contributed by atoms with Crippen molar-refractivity contribution in [1.29, 1.82) is 0 Å². The molecule has 3 nitrogen and oxygen atoms in total. The Labute approximate surface area is 139 Å². The van der Waals surface area contributed by atoms with Crippen LogP contribution in [0.1, 0.15) is 43.7 Å². The molecule has 2 rings (SSSR count). The summed E-state index contributed by atoms with van der Waals surface area (Å²) in [6.07, 6.45) is 6.11. The van der Waals surface area contributed by atoms with Gasteiger partial charge < -0.3 is 15.4 Å². The molecule has 0 spiro atoms. The third-order valence-electron chi connectivity index (χ3n) is 4.54. The van der Waals surface area contributed by atoms with Crippen LogP contribution in [0.15, 0.2) is 18.2 Å². The van der Waals surface area contributed by atoms with E-state index in [0.29, 0.717) is 12.0 Å². The summed E-state index contributed by atoms with van der Waals surface area (Å²) in [7, 11) is 1.72. The van der Waals surface area contributed by atoms with Gasteiger partial charge in [-0.25, -0.2) is 0 Å². The highest BCUT2D eigenvalue weighted by atomic mass is 32.1. The maximum Gasteiger partial charge on any atom is 0.166 e. The van der Waals surface area contributed by atoms with E-state index in [4.69, 9.17) is 17.0 Å². The Morgan fingerprint density at radius 3 is 2.82 bits per heavy atom. The third kappa shape index (κ3) is 4.87. The summed E-state index contributed by atoms with van der Waals surface area (Å²) < 4.78 is 5.42. The van der Waals surface area contributed by atoms with E-state index in [2.05, 4.69) is 36.6 Å². The summed E-state index contributed by atoms with van der Waals surface area (Å²) in [5.41, 5.74) is 2.48. The van der Waals surface area contributed by atoms with Crippen LogP contribution in [0, 0.1) is 12.8 Å². The number of thiocarbonyl (C=S) groups is 1. The molecule has 0 aliphatic heterocycles. The summed E-state index contributed by atoms with van der Waals surface area (Å²) in [5, 5.41) is 7.60. The van der Waals surface area contributed by atoms with Crippen LogP contribution in [-0.2, 0) is 6.42 Å². The molecule has 0 bridgehead atoms. The van der Waals surface area contributed by atoms with Gasteiger partial charge in [-0.2, -0.15) is 0 Å². The van der Waals surface area contributed by atoms with Gasteiger partial charge in [0.15, 0.2) is 5.11 Å². The molecule has 2 atom stereocenters. The second-order valence-electron chi connectivity index (χ2n) is 6.33. The zero-order valence-corrected chi connectivity index (χ0v) is 14.8. The van der Waals surface area contributed by atoms with Gasteiger partial charge in [-0.15, -0.1) is 0 Å². The standard InChI is InChI=1S/C18H28N2OS/c1-13-8-9-17(21-3)15(12-13)10-11-19-18(22)20-16-7-5-4-6-14(16)2/h8-9,12,14,16H,4-7,10-11H2,1-3H3,(H2,19,20,22)/t14-,16-/m0/s1. The topological polar surface area (TPSA) is 33.3 Å². The summed E-state index contributed by atoms with van der Waals surface area (Å²) in [5.74, 6) is 1.66. The quantitative estimate of drug-likeness (QED) is 0.812. The molecule has 0 amide bonds. The van der Waals surface area contributed by atoms with Crippen molar-refractivity contribution in [2.45, 2.75) is 52.0 Å². The van der Waals surface area contributed by atoms with Crippen LogP contribution >= 0.6 is 12.2 Å². The van der Waals surface area contributed by atoms with Crippen molar-refractivity contribution in [2.75, 3.05) is 13.7 Å². The predicted molar refractivity (Wildman–Crippen MR) is 96.6 cm³/mol. The van der Waals surface area contributed by atoms with Crippen LogP contribution in [0.3, 0.4) is 0 Å². The minimum Gasteiger partial charge on any atom is -0.496 e. The number of rotatable bonds is 5. The fourth-order valence-electron chi connectivity index (χ4n) is 3.16. The molecule has 0 heterocycles.